The molecule has 2 aromatic carbocycles. The number of aromatic nitrogens is 2. The van der Waals surface area contributed by atoms with Crippen molar-refractivity contribution in [3.63, 3.8) is 0 Å². The number of nitro groups is 1. The third kappa shape index (κ3) is 3.67. The lowest BCUT2D eigenvalue weighted by atomic mass is 10.1. The summed E-state index contributed by atoms with van der Waals surface area (Å²) in [5.74, 6) is -0.282. The second kappa shape index (κ2) is 6.74. The van der Waals surface area contributed by atoms with E-state index in [1.165, 1.54) is 12.1 Å². The van der Waals surface area contributed by atoms with Crippen LogP contribution in [0.4, 0.5) is 5.69 Å². The van der Waals surface area contributed by atoms with Gasteiger partial charge in [-0.25, -0.2) is 0 Å². The van der Waals surface area contributed by atoms with Gasteiger partial charge in [-0.1, -0.05) is 41.4 Å². The van der Waals surface area contributed by atoms with E-state index in [0.29, 0.717) is 11.5 Å². The molecule has 0 spiro atoms. The molecule has 0 atom stereocenters. The van der Waals surface area contributed by atoms with Gasteiger partial charge in [0, 0.05) is 11.6 Å². The summed E-state index contributed by atoms with van der Waals surface area (Å²) in [5.41, 5.74) is 1.66. The van der Waals surface area contributed by atoms with Crippen molar-refractivity contribution < 1.29 is 14.4 Å². The van der Waals surface area contributed by atoms with E-state index >= 15 is 0 Å². The molecule has 0 saturated heterocycles. The molecule has 0 unspecified atom stereocenters. The average Bonchev–Trinajstić information content (AvgIpc) is 3.06. The second-order valence-corrected chi connectivity index (χ2v) is 5.67. The number of nitrogens with zero attached hydrogens (tertiary/aromatic N) is 3. The van der Waals surface area contributed by atoms with Crippen LogP contribution >= 0.6 is 11.6 Å². The molecule has 0 aliphatic rings. The summed E-state index contributed by atoms with van der Waals surface area (Å²) < 4.78 is 5.54. The van der Waals surface area contributed by atoms with Crippen molar-refractivity contribution in [2.75, 3.05) is 0 Å². The number of benzene rings is 2. The van der Waals surface area contributed by atoms with E-state index in [1.54, 1.807) is 0 Å². The van der Waals surface area contributed by atoms with Crippen molar-refractivity contribution >= 4 is 28.4 Å². The normalized spacial score (nSPS) is 11.5. The number of nitro benzene ring substituents is 1. The largest absolute Gasteiger partial charge is 0.868 e. The molecule has 3 rings (SSSR count). The van der Waals surface area contributed by atoms with Crippen LogP contribution in [0.1, 0.15) is 17.0 Å². The summed E-state index contributed by atoms with van der Waals surface area (Å²) in [5, 5.41) is 30.2. The Labute approximate surface area is 147 Å². The monoisotopic (exact) mass is 356 g/mol. The zero-order valence-electron chi connectivity index (χ0n) is 13.0. The fourth-order valence-electron chi connectivity index (χ4n) is 2.19. The fraction of sp³-hybridized carbons (Fsp3) is 0.0588. The maximum atomic E-state index is 11.4. The van der Waals surface area contributed by atoms with Gasteiger partial charge >= 0.3 is 0 Å². The molecule has 0 bridgehead atoms. The van der Waals surface area contributed by atoms with E-state index in [0.717, 1.165) is 23.3 Å². The van der Waals surface area contributed by atoms with Crippen LogP contribution in [-0.2, 0) is 0 Å². The summed E-state index contributed by atoms with van der Waals surface area (Å²) in [6, 6.07) is 11.2. The van der Waals surface area contributed by atoms with E-state index in [4.69, 9.17) is 16.0 Å². The third-order valence-corrected chi connectivity index (χ3v) is 3.64. The molecular weight excluding hydrogens is 346 g/mol. The Morgan fingerprint density at radius 1 is 1.24 bits per heavy atom. The highest BCUT2D eigenvalue weighted by Crippen LogP contribution is 2.29. The quantitative estimate of drug-likeness (QED) is 0.520. The molecule has 1 heterocycles. The van der Waals surface area contributed by atoms with Gasteiger partial charge in [0.05, 0.1) is 4.92 Å². The van der Waals surface area contributed by atoms with Gasteiger partial charge in [0.1, 0.15) is 5.03 Å². The number of halogens is 1. The third-order valence-electron chi connectivity index (χ3n) is 3.37. The number of rotatable bonds is 4. The molecule has 126 valence electrons. The average molecular weight is 357 g/mol. The Morgan fingerprint density at radius 3 is 2.76 bits per heavy atom. The predicted molar refractivity (Wildman–Crippen MR) is 90.7 cm³/mol. The van der Waals surface area contributed by atoms with Crippen LogP contribution in [0.5, 0.6) is 5.75 Å². The van der Waals surface area contributed by atoms with Gasteiger partial charge < -0.3 is 9.52 Å². The summed E-state index contributed by atoms with van der Waals surface area (Å²) in [4.78, 5) is 10.1. The van der Waals surface area contributed by atoms with E-state index < -0.39 is 16.4 Å². The van der Waals surface area contributed by atoms with Gasteiger partial charge in [-0.15, -0.1) is 10.2 Å². The van der Waals surface area contributed by atoms with Gasteiger partial charge in [0.2, 0.25) is 5.89 Å². The van der Waals surface area contributed by atoms with Crippen molar-refractivity contribution in [2.45, 2.75) is 6.92 Å². The van der Waals surface area contributed by atoms with Crippen LogP contribution in [0.15, 0.2) is 46.9 Å². The number of hydrogen-bond donors (Lipinski definition) is 0. The van der Waals surface area contributed by atoms with Crippen LogP contribution < -0.4 is 5.11 Å². The molecule has 0 aliphatic heterocycles. The van der Waals surface area contributed by atoms with Crippen LogP contribution in [0.25, 0.3) is 22.6 Å². The molecule has 7 nitrogen and oxygen atoms in total. The molecule has 0 fully saturated rings. The summed E-state index contributed by atoms with van der Waals surface area (Å²) in [7, 11) is 0. The van der Waals surface area contributed by atoms with E-state index in [1.807, 2.05) is 31.2 Å². The summed E-state index contributed by atoms with van der Waals surface area (Å²) in [6.07, 6.45) is 1.42. The first-order valence-electron chi connectivity index (χ1n) is 7.17. The standard InChI is InChI=1S/C17H12ClN3O4/c1-10-3-2-4-12(7-10)16-19-20-17(25-16)13(18)8-11-5-6-15(22)14(9-11)21(23)24/h2-9,22H,1H3/p-1/b13-8-. The van der Waals surface area contributed by atoms with Gasteiger partial charge in [-0.05, 0) is 36.4 Å². The van der Waals surface area contributed by atoms with Crippen molar-refractivity contribution in [1.29, 1.82) is 0 Å². The first kappa shape index (κ1) is 16.7. The van der Waals surface area contributed by atoms with Crippen LogP contribution in [-0.4, -0.2) is 15.1 Å². The Bertz CT molecular complexity index is 982. The Balaban J connectivity index is 1.91. The zero-order chi connectivity index (χ0) is 18.0. The highest BCUT2D eigenvalue weighted by molar-refractivity contribution is 6.50. The second-order valence-electron chi connectivity index (χ2n) is 5.26. The minimum atomic E-state index is -0.740. The van der Waals surface area contributed by atoms with Crippen molar-refractivity contribution in [3.8, 4) is 17.2 Å². The Kier molecular flexibility index (Phi) is 4.49. The van der Waals surface area contributed by atoms with E-state index in [9.17, 15) is 15.2 Å². The molecule has 0 N–H and O–H groups in total. The van der Waals surface area contributed by atoms with E-state index in [-0.39, 0.29) is 10.9 Å². The molecule has 8 heteroatoms. The smallest absolute Gasteiger partial charge is 0.262 e. The van der Waals surface area contributed by atoms with Crippen molar-refractivity contribution in [3.05, 3.63) is 69.6 Å². The Hall–Kier alpha value is -3.19. The van der Waals surface area contributed by atoms with Crippen molar-refractivity contribution in [2.24, 2.45) is 0 Å². The zero-order valence-corrected chi connectivity index (χ0v) is 13.7. The molecule has 0 saturated carbocycles. The Morgan fingerprint density at radius 2 is 2.04 bits per heavy atom. The highest BCUT2D eigenvalue weighted by Gasteiger charge is 2.13. The van der Waals surface area contributed by atoms with Gasteiger partial charge in [-0.3, -0.25) is 10.1 Å². The van der Waals surface area contributed by atoms with Crippen molar-refractivity contribution in [1.82, 2.24) is 10.2 Å². The first-order valence-corrected chi connectivity index (χ1v) is 7.55. The molecular formula is C17H11ClN3O4-. The number of hydrogen-bond acceptors (Lipinski definition) is 6. The maximum absolute atomic E-state index is 11.4. The van der Waals surface area contributed by atoms with Gasteiger partial charge in [-0.2, -0.15) is 0 Å². The molecule has 3 aromatic rings. The lowest BCUT2D eigenvalue weighted by Gasteiger charge is -2.06. The topological polar surface area (TPSA) is 105 Å². The van der Waals surface area contributed by atoms with Crippen LogP contribution in [0, 0.1) is 17.0 Å². The molecule has 0 amide bonds. The SMILES string of the molecule is Cc1cccc(-c2nnc(/C(Cl)=C/c3ccc([O-])c([N+](=O)[O-])c3)o2)c1. The minimum absolute atomic E-state index is 0.0759. The molecule has 1 aromatic heterocycles. The molecule has 0 aliphatic carbocycles. The first-order chi connectivity index (χ1) is 11.9. The minimum Gasteiger partial charge on any atom is -0.868 e. The van der Waals surface area contributed by atoms with Gasteiger partial charge in [0.15, 0.2) is 0 Å². The van der Waals surface area contributed by atoms with Gasteiger partial charge in [0.25, 0.3) is 11.6 Å². The fourth-order valence-corrected chi connectivity index (χ4v) is 2.39. The summed E-state index contributed by atoms with van der Waals surface area (Å²) >= 11 is 6.16. The predicted octanol–water partition coefficient (Wildman–Crippen LogP) is 3.76. The van der Waals surface area contributed by atoms with Crippen LogP contribution in [0.3, 0.4) is 0 Å². The maximum Gasteiger partial charge on any atom is 0.262 e. The lowest BCUT2D eigenvalue weighted by molar-refractivity contribution is -0.398. The van der Waals surface area contributed by atoms with Crippen LogP contribution in [0.2, 0.25) is 0 Å². The van der Waals surface area contributed by atoms with E-state index in [2.05, 4.69) is 10.2 Å². The summed E-state index contributed by atoms with van der Waals surface area (Å²) in [6.45, 7) is 1.94. The number of aryl methyl sites for hydroxylation is 1. The molecule has 25 heavy (non-hydrogen) atoms. The molecule has 0 radical (unpaired) electrons. The lowest BCUT2D eigenvalue weighted by Crippen LogP contribution is -1.97. The highest BCUT2D eigenvalue weighted by atomic mass is 35.5.